The number of nitrogens with zero attached hydrogens (tertiary/aromatic N) is 2. The van der Waals surface area contributed by atoms with Crippen molar-refractivity contribution in [2.75, 3.05) is 7.11 Å². The third-order valence-corrected chi connectivity index (χ3v) is 3.15. The first-order valence-electron chi connectivity index (χ1n) is 6.46. The molecular weight excluding hydrogens is 254 g/mol. The molecule has 5 nitrogen and oxygen atoms in total. The minimum absolute atomic E-state index is 0.0630. The number of aromatic nitrogens is 2. The van der Waals surface area contributed by atoms with E-state index < -0.39 is 0 Å². The van der Waals surface area contributed by atoms with E-state index in [4.69, 9.17) is 10.5 Å². The average Bonchev–Trinajstić information content (AvgIpc) is 2.42. The Bertz CT molecular complexity index is 662. The first-order chi connectivity index (χ1) is 9.51. The van der Waals surface area contributed by atoms with E-state index in [0.29, 0.717) is 6.54 Å². The molecule has 0 bridgehead atoms. The molecule has 0 amide bonds. The number of ether oxygens (including phenoxy) is 1. The molecule has 1 aromatic carbocycles. The molecule has 2 N–H and O–H groups in total. The molecule has 0 aliphatic rings. The SMILES string of the molecule is COc1ccc(C(C)N)cc1Cn1cc(C)cnc1=O. The van der Waals surface area contributed by atoms with Crippen LogP contribution in [0.1, 0.15) is 29.7 Å². The predicted octanol–water partition coefficient (Wildman–Crippen LogP) is 1.63. The van der Waals surface area contributed by atoms with Crippen LogP contribution in [-0.4, -0.2) is 16.7 Å². The van der Waals surface area contributed by atoms with Crippen molar-refractivity contribution in [1.29, 1.82) is 0 Å². The summed E-state index contributed by atoms with van der Waals surface area (Å²) in [6, 6.07) is 5.72. The van der Waals surface area contributed by atoms with Crippen LogP contribution in [0.4, 0.5) is 0 Å². The lowest BCUT2D eigenvalue weighted by atomic mass is 10.0. The molecule has 0 spiro atoms. The number of aryl methyl sites for hydroxylation is 1. The number of hydrogen-bond donors (Lipinski definition) is 1. The number of hydrogen-bond acceptors (Lipinski definition) is 4. The molecule has 5 heteroatoms. The normalized spacial score (nSPS) is 12.2. The number of nitrogens with two attached hydrogens (primary N) is 1. The second kappa shape index (κ2) is 5.88. The van der Waals surface area contributed by atoms with Gasteiger partial charge in [0.15, 0.2) is 0 Å². The molecule has 2 aromatic rings. The van der Waals surface area contributed by atoms with E-state index in [1.807, 2.05) is 32.0 Å². The minimum atomic E-state index is -0.274. The molecule has 0 saturated carbocycles. The predicted molar refractivity (Wildman–Crippen MR) is 77.9 cm³/mol. The van der Waals surface area contributed by atoms with Crippen LogP contribution in [0.2, 0.25) is 0 Å². The van der Waals surface area contributed by atoms with E-state index in [2.05, 4.69) is 4.98 Å². The van der Waals surface area contributed by atoms with Crippen LogP contribution in [0.5, 0.6) is 5.75 Å². The second-order valence-electron chi connectivity index (χ2n) is 4.90. The highest BCUT2D eigenvalue weighted by Gasteiger charge is 2.09. The topological polar surface area (TPSA) is 70.1 Å². The first-order valence-corrected chi connectivity index (χ1v) is 6.46. The van der Waals surface area contributed by atoms with Gasteiger partial charge in [0.25, 0.3) is 0 Å². The van der Waals surface area contributed by atoms with Crippen molar-refractivity contribution in [3.63, 3.8) is 0 Å². The molecule has 0 radical (unpaired) electrons. The Morgan fingerprint density at radius 3 is 2.85 bits per heavy atom. The Balaban J connectivity index is 2.43. The van der Waals surface area contributed by atoms with Gasteiger partial charge in [0.05, 0.1) is 13.7 Å². The summed E-state index contributed by atoms with van der Waals surface area (Å²) in [5.41, 5.74) is 8.49. The van der Waals surface area contributed by atoms with Crippen LogP contribution in [0.25, 0.3) is 0 Å². The van der Waals surface area contributed by atoms with Crippen molar-refractivity contribution >= 4 is 0 Å². The summed E-state index contributed by atoms with van der Waals surface area (Å²) in [5, 5.41) is 0. The fourth-order valence-electron chi connectivity index (χ4n) is 2.07. The van der Waals surface area contributed by atoms with Crippen LogP contribution >= 0.6 is 0 Å². The number of rotatable bonds is 4. The lowest BCUT2D eigenvalue weighted by Crippen LogP contribution is -2.23. The maximum absolute atomic E-state index is 11.8. The molecular formula is C15H19N3O2. The van der Waals surface area contributed by atoms with Crippen molar-refractivity contribution in [1.82, 2.24) is 9.55 Å². The first kappa shape index (κ1) is 14.3. The Morgan fingerprint density at radius 1 is 1.45 bits per heavy atom. The van der Waals surface area contributed by atoms with Gasteiger partial charge in [-0.15, -0.1) is 0 Å². The third kappa shape index (κ3) is 3.05. The summed E-state index contributed by atoms with van der Waals surface area (Å²) < 4.78 is 6.91. The van der Waals surface area contributed by atoms with Gasteiger partial charge < -0.3 is 10.5 Å². The molecule has 0 aliphatic heterocycles. The molecule has 2 rings (SSSR count). The van der Waals surface area contributed by atoms with Gasteiger partial charge >= 0.3 is 5.69 Å². The Kier molecular flexibility index (Phi) is 4.20. The zero-order valence-electron chi connectivity index (χ0n) is 12.0. The molecule has 0 aliphatic carbocycles. The van der Waals surface area contributed by atoms with E-state index >= 15 is 0 Å². The second-order valence-corrected chi connectivity index (χ2v) is 4.90. The average molecular weight is 273 g/mol. The van der Waals surface area contributed by atoms with Gasteiger partial charge in [-0.3, -0.25) is 4.57 Å². The molecule has 1 unspecified atom stereocenters. The highest BCUT2D eigenvalue weighted by molar-refractivity contribution is 5.38. The van der Waals surface area contributed by atoms with Crippen LogP contribution in [0, 0.1) is 6.92 Å². The van der Waals surface area contributed by atoms with Gasteiger partial charge in [-0.25, -0.2) is 9.78 Å². The fourth-order valence-corrected chi connectivity index (χ4v) is 2.07. The largest absolute Gasteiger partial charge is 0.496 e. The smallest absolute Gasteiger partial charge is 0.347 e. The highest BCUT2D eigenvalue weighted by atomic mass is 16.5. The molecule has 1 atom stereocenters. The Morgan fingerprint density at radius 2 is 2.20 bits per heavy atom. The lowest BCUT2D eigenvalue weighted by Gasteiger charge is -2.14. The van der Waals surface area contributed by atoms with Gasteiger partial charge in [-0.05, 0) is 37.1 Å². The van der Waals surface area contributed by atoms with Crippen molar-refractivity contribution in [2.24, 2.45) is 5.73 Å². The number of methoxy groups -OCH3 is 1. The van der Waals surface area contributed by atoms with Gasteiger partial charge in [0.1, 0.15) is 5.75 Å². The van der Waals surface area contributed by atoms with Gasteiger partial charge in [0.2, 0.25) is 0 Å². The summed E-state index contributed by atoms with van der Waals surface area (Å²) in [6.07, 6.45) is 3.35. The van der Waals surface area contributed by atoms with Crippen molar-refractivity contribution < 1.29 is 4.74 Å². The van der Waals surface area contributed by atoms with Crippen LogP contribution in [0.15, 0.2) is 35.4 Å². The van der Waals surface area contributed by atoms with E-state index in [-0.39, 0.29) is 11.7 Å². The maximum Gasteiger partial charge on any atom is 0.347 e. The van der Waals surface area contributed by atoms with Crippen LogP contribution in [-0.2, 0) is 6.54 Å². The van der Waals surface area contributed by atoms with Crippen molar-refractivity contribution in [3.8, 4) is 5.75 Å². The van der Waals surface area contributed by atoms with Crippen molar-refractivity contribution in [2.45, 2.75) is 26.4 Å². The lowest BCUT2D eigenvalue weighted by molar-refractivity contribution is 0.407. The Hall–Kier alpha value is -2.14. The standard InChI is InChI=1S/C15H19N3O2/c1-10-7-17-15(19)18(8-10)9-13-6-12(11(2)16)4-5-14(13)20-3/h4-8,11H,9,16H2,1-3H3. The van der Waals surface area contributed by atoms with E-state index in [1.54, 1.807) is 24.1 Å². The van der Waals surface area contributed by atoms with Crippen LogP contribution < -0.4 is 16.2 Å². The Labute approximate surface area is 118 Å². The molecule has 1 aromatic heterocycles. The number of benzene rings is 1. The maximum atomic E-state index is 11.8. The quantitative estimate of drug-likeness (QED) is 0.919. The summed E-state index contributed by atoms with van der Waals surface area (Å²) >= 11 is 0. The van der Waals surface area contributed by atoms with Gasteiger partial charge in [0, 0.05) is 24.0 Å². The summed E-state index contributed by atoms with van der Waals surface area (Å²) in [5.74, 6) is 0.739. The fraction of sp³-hybridized carbons (Fsp3) is 0.333. The van der Waals surface area contributed by atoms with E-state index in [9.17, 15) is 4.79 Å². The van der Waals surface area contributed by atoms with Gasteiger partial charge in [-0.2, -0.15) is 0 Å². The molecule has 1 heterocycles. The monoisotopic (exact) mass is 273 g/mol. The summed E-state index contributed by atoms with van der Waals surface area (Å²) in [4.78, 5) is 15.6. The highest BCUT2D eigenvalue weighted by Crippen LogP contribution is 2.23. The zero-order chi connectivity index (χ0) is 14.7. The third-order valence-electron chi connectivity index (χ3n) is 3.15. The molecule has 0 saturated heterocycles. The van der Waals surface area contributed by atoms with Gasteiger partial charge in [-0.1, -0.05) is 6.07 Å². The molecule has 20 heavy (non-hydrogen) atoms. The molecule has 0 fully saturated rings. The van der Waals surface area contributed by atoms with Crippen LogP contribution in [0.3, 0.4) is 0 Å². The van der Waals surface area contributed by atoms with E-state index in [1.165, 1.54) is 0 Å². The van der Waals surface area contributed by atoms with E-state index in [0.717, 1.165) is 22.4 Å². The summed E-state index contributed by atoms with van der Waals surface area (Å²) in [6.45, 7) is 4.24. The minimum Gasteiger partial charge on any atom is -0.496 e. The summed E-state index contributed by atoms with van der Waals surface area (Å²) in [7, 11) is 1.61. The molecule has 106 valence electrons. The van der Waals surface area contributed by atoms with Crippen molar-refractivity contribution in [3.05, 3.63) is 57.8 Å². The zero-order valence-corrected chi connectivity index (χ0v) is 12.0.